The van der Waals surface area contributed by atoms with Crippen LogP contribution >= 0.6 is 0 Å². The van der Waals surface area contributed by atoms with E-state index in [1.807, 2.05) is 0 Å². The molecule has 0 radical (unpaired) electrons. The van der Waals surface area contributed by atoms with E-state index >= 15 is 0 Å². The van der Waals surface area contributed by atoms with E-state index < -0.39 is 0 Å². The molecule has 1 saturated carbocycles. The summed E-state index contributed by atoms with van der Waals surface area (Å²) in [5, 5.41) is 0. The number of hydrogen-bond acceptors (Lipinski definition) is 2. The lowest BCUT2D eigenvalue weighted by atomic mass is 9.86. The van der Waals surface area contributed by atoms with Crippen molar-refractivity contribution >= 4 is 6.29 Å². The number of ether oxygens (including phenoxy) is 1. The number of rotatable bonds is 2. The molecule has 1 atom stereocenters. The Bertz CT molecular complexity index is 249. The third kappa shape index (κ3) is 2.10. The van der Waals surface area contributed by atoms with Gasteiger partial charge in [0.25, 0.3) is 0 Å². The van der Waals surface area contributed by atoms with Gasteiger partial charge in [-0.15, -0.1) is 5.92 Å². The van der Waals surface area contributed by atoms with Crippen LogP contribution in [-0.2, 0) is 9.53 Å². The molecule has 13 heavy (non-hydrogen) atoms. The molecule has 70 valence electrons. The fourth-order valence-corrected chi connectivity index (χ4v) is 1.50. The molecule has 0 spiro atoms. The van der Waals surface area contributed by atoms with Crippen molar-refractivity contribution in [3.05, 3.63) is 0 Å². The van der Waals surface area contributed by atoms with Crippen molar-refractivity contribution in [1.82, 2.24) is 0 Å². The number of hydrogen-bond donors (Lipinski definition) is 0. The Kier molecular flexibility index (Phi) is 2.37. The van der Waals surface area contributed by atoms with Gasteiger partial charge in [0, 0.05) is 18.9 Å². The summed E-state index contributed by atoms with van der Waals surface area (Å²) in [7, 11) is 0. The summed E-state index contributed by atoms with van der Waals surface area (Å²) >= 11 is 0. The zero-order chi connectivity index (χ0) is 9.15. The van der Waals surface area contributed by atoms with Crippen molar-refractivity contribution < 1.29 is 9.53 Å². The molecule has 1 aliphatic heterocycles. The van der Waals surface area contributed by atoms with Crippen molar-refractivity contribution in [2.45, 2.75) is 25.7 Å². The third-order valence-corrected chi connectivity index (χ3v) is 2.71. The first-order chi connectivity index (χ1) is 6.35. The van der Waals surface area contributed by atoms with Crippen LogP contribution in [0, 0.1) is 23.2 Å². The topological polar surface area (TPSA) is 26.3 Å². The van der Waals surface area contributed by atoms with Crippen LogP contribution in [0.3, 0.4) is 0 Å². The lowest BCUT2D eigenvalue weighted by molar-refractivity contribution is -0.116. The summed E-state index contributed by atoms with van der Waals surface area (Å²) in [6.07, 6.45) is 5.06. The van der Waals surface area contributed by atoms with Crippen LogP contribution in [0.25, 0.3) is 0 Å². The summed E-state index contributed by atoms with van der Waals surface area (Å²) in [5.74, 6) is 6.93. The average molecular weight is 178 g/mol. The molecule has 0 amide bonds. The Morgan fingerprint density at radius 2 is 2.38 bits per heavy atom. The Labute approximate surface area is 78.7 Å². The second kappa shape index (κ2) is 3.51. The molecule has 0 aromatic carbocycles. The summed E-state index contributed by atoms with van der Waals surface area (Å²) < 4.78 is 5.23. The van der Waals surface area contributed by atoms with Crippen molar-refractivity contribution in [2.24, 2.45) is 11.3 Å². The number of carbonyl (C=O) groups excluding carboxylic acids is 1. The fourth-order valence-electron chi connectivity index (χ4n) is 1.50. The minimum absolute atomic E-state index is 0.276. The van der Waals surface area contributed by atoms with Gasteiger partial charge < -0.3 is 9.53 Å². The maximum atomic E-state index is 10.9. The normalized spacial score (nSPS) is 32.3. The molecular weight excluding hydrogens is 164 g/mol. The molecule has 2 heteroatoms. The lowest BCUT2D eigenvalue weighted by Gasteiger charge is -2.15. The van der Waals surface area contributed by atoms with E-state index in [0.29, 0.717) is 25.6 Å². The Balaban J connectivity index is 1.90. The van der Waals surface area contributed by atoms with Crippen LogP contribution in [-0.4, -0.2) is 19.5 Å². The Morgan fingerprint density at radius 1 is 1.54 bits per heavy atom. The monoisotopic (exact) mass is 178 g/mol. The second-order valence-electron chi connectivity index (χ2n) is 4.05. The van der Waals surface area contributed by atoms with Gasteiger partial charge in [0.15, 0.2) is 0 Å². The minimum atomic E-state index is -0.276. The molecule has 0 aromatic rings. The van der Waals surface area contributed by atoms with E-state index in [0.717, 1.165) is 12.7 Å². The van der Waals surface area contributed by atoms with Gasteiger partial charge in [-0.3, -0.25) is 0 Å². The Morgan fingerprint density at radius 3 is 2.92 bits per heavy atom. The second-order valence-corrected chi connectivity index (χ2v) is 4.05. The van der Waals surface area contributed by atoms with Crippen LogP contribution < -0.4 is 0 Å². The van der Waals surface area contributed by atoms with Gasteiger partial charge in [0.1, 0.15) is 6.29 Å². The molecule has 0 bridgehead atoms. The maximum absolute atomic E-state index is 10.9. The highest BCUT2D eigenvalue weighted by Crippen LogP contribution is 2.31. The highest BCUT2D eigenvalue weighted by Gasteiger charge is 2.33. The van der Waals surface area contributed by atoms with Crippen LogP contribution in [0.4, 0.5) is 0 Å². The highest BCUT2D eigenvalue weighted by atomic mass is 16.5. The first-order valence-corrected chi connectivity index (χ1v) is 4.87. The van der Waals surface area contributed by atoms with E-state index in [4.69, 9.17) is 4.74 Å². The van der Waals surface area contributed by atoms with Gasteiger partial charge in [0.2, 0.25) is 0 Å². The lowest BCUT2D eigenvalue weighted by Crippen LogP contribution is -2.21. The van der Waals surface area contributed by atoms with Crippen LogP contribution in [0.2, 0.25) is 0 Å². The van der Waals surface area contributed by atoms with E-state index in [1.54, 1.807) is 0 Å². The van der Waals surface area contributed by atoms with Crippen molar-refractivity contribution in [1.29, 1.82) is 0 Å². The molecule has 0 N–H and O–H groups in total. The fraction of sp³-hybridized carbons (Fsp3) is 0.727. The van der Waals surface area contributed by atoms with E-state index in [9.17, 15) is 4.79 Å². The predicted molar refractivity (Wildman–Crippen MR) is 49.1 cm³/mol. The smallest absolute Gasteiger partial charge is 0.129 e. The van der Waals surface area contributed by atoms with Crippen molar-refractivity contribution in [3.8, 4) is 11.8 Å². The molecule has 1 unspecified atom stereocenters. The first kappa shape index (κ1) is 8.77. The van der Waals surface area contributed by atoms with Crippen LogP contribution in [0.1, 0.15) is 25.7 Å². The zero-order valence-electron chi connectivity index (χ0n) is 7.71. The summed E-state index contributed by atoms with van der Waals surface area (Å²) in [5.41, 5.74) is -0.276. The molecule has 0 aromatic heterocycles. The predicted octanol–water partition coefficient (Wildman–Crippen LogP) is 1.40. The van der Waals surface area contributed by atoms with Crippen LogP contribution in [0.15, 0.2) is 0 Å². The molecule has 2 nitrogen and oxygen atoms in total. The third-order valence-electron chi connectivity index (χ3n) is 2.71. The first-order valence-electron chi connectivity index (χ1n) is 4.87. The van der Waals surface area contributed by atoms with Crippen molar-refractivity contribution in [2.75, 3.05) is 13.2 Å². The molecule has 2 rings (SSSR count). The standard InChI is InChI=1S/C11H14O2/c12-8-11(6-7-13-9-11)5-1-2-10-3-4-10/h8,10H,3-7,9H2. The molecule has 1 saturated heterocycles. The highest BCUT2D eigenvalue weighted by molar-refractivity contribution is 5.60. The number of aldehydes is 1. The van der Waals surface area contributed by atoms with Gasteiger partial charge in [-0.2, -0.15) is 0 Å². The molecule has 1 aliphatic carbocycles. The molecular formula is C11H14O2. The quantitative estimate of drug-likeness (QED) is 0.472. The summed E-state index contributed by atoms with van der Waals surface area (Å²) in [6, 6.07) is 0. The SMILES string of the molecule is O=CC1(CC#CC2CC2)CCOC1. The molecule has 1 heterocycles. The maximum Gasteiger partial charge on any atom is 0.129 e. The molecule has 2 fully saturated rings. The largest absolute Gasteiger partial charge is 0.380 e. The van der Waals surface area contributed by atoms with Gasteiger partial charge in [-0.05, 0) is 19.3 Å². The summed E-state index contributed by atoms with van der Waals surface area (Å²) in [4.78, 5) is 10.9. The van der Waals surface area contributed by atoms with Crippen molar-refractivity contribution in [3.63, 3.8) is 0 Å². The van der Waals surface area contributed by atoms with Gasteiger partial charge in [-0.1, -0.05) is 5.92 Å². The zero-order valence-corrected chi connectivity index (χ0v) is 7.71. The van der Waals surface area contributed by atoms with E-state index in [-0.39, 0.29) is 5.41 Å². The van der Waals surface area contributed by atoms with Gasteiger partial charge in [-0.25, -0.2) is 0 Å². The minimum Gasteiger partial charge on any atom is -0.380 e. The average Bonchev–Trinajstić information content (AvgIpc) is 2.84. The van der Waals surface area contributed by atoms with Gasteiger partial charge >= 0.3 is 0 Å². The van der Waals surface area contributed by atoms with Crippen LogP contribution in [0.5, 0.6) is 0 Å². The molecule has 2 aliphatic rings. The Hall–Kier alpha value is -0.810. The number of carbonyl (C=O) groups is 1. The van der Waals surface area contributed by atoms with E-state index in [2.05, 4.69) is 11.8 Å². The van der Waals surface area contributed by atoms with E-state index in [1.165, 1.54) is 12.8 Å². The summed E-state index contributed by atoms with van der Waals surface area (Å²) in [6.45, 7) is 1.28. The van der Waals surface area contributed by atoms with Gasteiger partial charge in [0.05, 0.1) is 12.0 Å².